The van der Waals surface area contributed by atoms with E-state index in [9.17, 15) is 8.42 Å². The number of hydrogen-bond acceptors (Lipinski definition) is 2. The molecule has 1 aromatic rings. The molecule has 1 heterocycles. The molecule has 1 fully saturated rings. The van der Waals surface area contributed by atoms with Gasteiger partial charge in [0.25, 0.3) is 0 Å². The van der Waals surface area contributed by atoms with Gasteiger partial charge in [-0.15, -0.1) is 11.6 Å². The minimum Gasteiger partial charge on any atom is -0.212 e. The van der Waals surface area contributed by atoms with Crippen LogP contribution in [-0.4, -0.2) is 31.2 Å². The highest BCUT2D eigenvalue weighted by Crippen LogP contribution is 2.34. The van der Waals surface area contributed by atoms with Crippen LogP contribution in [0, 0.1) is 5.41 Å². The molecule has 0 aromatic heterocycles. The fourth-order valence-electron chi connectivity index (χ4n) is 2.39. The zero-order valence-electron chi connectivity index (χ0n) is 11.3. The van der Waals surface area contributed by atoms with Gasteiger partial charge in [0.2, 0.25) is 10.0 Å². The molecule has 0 spiro atoms. The predicted octanol–water partition coefficient (Wildman–Crippen LogP) is 2.86. The van der Waals surface area contributed by atoms with Crippen LogP contribution in [0.4, 0.5) is 0 Å². The van der Waals surface area contributed by atoms with Crippen LogP contribution in [0.15, 0.2) is 30.3 Å². The van der Waals surface area contributed by atoms with Gasteiger partial charge in [0.1, 0.15) is 0 Å². The minimum atomic E-state index is -3.26. The third kappa shape index (κ3) is 3.50. The summed E-state index contributed by atoms with van der Waals surface area (Å²) in [5.74, 6) is 0.0663. The normalized spacial score (nSPS) is 24.3. The second-order valence-electron chi connectivity index (χ2n) is 5.82. The highest BCUT2D eigenvalue weighted by atomic mass is 35.5. The SMILES string of the molecule is CC1(C)CN(S(=O)(=O)Cc2ccccc2)CCC1Cl. The Morgan fingerprint density at radius 2 is 1.95 bits per heavy atom. The van der Waals surface area contributed by atoms with E-state index < -0.39 is 10.0 Å². The maximum Gasteiger partial charge on any atom is 0.218 e. The van der Waals surface area contributed by atoms with Gasteiger partial charge in [-0.05, 0) is 17.4 Å². The second-order valence-corrected chi connectivity index (χ2v) is 8.32. The summed E-state index contributed by atoms with van der Waals surface area (Å²) in [5.41, 5.74) is 0.650. The van der Waals surface area contributed by atoms with Crippen molar-refractivity contribution in [2.24, 2.45) is 5.41 Å². The molecule has 2 rings (SSSR count). The first-order chi connectivity index (χ1) is 8.81. The molecule has 0 N–H and O–H groups in total. The van der Waals surface area contributed by atoms with Crippen molar-refractivity contribution in [2.75, 3.05) is 13.1 Å². The molecule has 0 radical (unpaired) electrons. The van der Waals surface area contributed by atoms with Gasteiger partial charge >= 0.3 is 0 Å². The molecule has 1 saturated heterocycles. The number of benzene rings is 1. The summed E-state index contributed by atoms with van der Waals surface area (Å²) in [6, 6.07) is 9.30. The van der Waals surface area contributed by atoms with Crippen molar-refractivity contribution in [3.8, 4) is 0 Å². The van der Waals surface area contributed by atoms with Crippen molar-refractivity contribution in [2.45, 2.75) is 31.4 Å². The Bertz CT molecular complexity index is 528. The van der Waals surface area contributed by atoms with Gasteiger partial charge in [-0.25, -0.2) is 12.7 Å². The van der Waals surface area contributed by atoms with E-state index in [0.717, 1.165) is 5.56 Å². The fourth-order valence-corrected chi connectivity index (χ4v) is 4.27. The van der Waals surface area contributed by atoms with E-state index in [1.807, 2.05) is 44.2 Å². The topological polar surface area (TPSA) is 37.4 Å². The predicted molar refractivity (Wildman–Crippen MR) is 78.7 cm³/mol. The average Bonchev–Trinajstić information content (AvgIpc) is 2.33. The molecule has 1 atom stereocenters. The second kappa shape index (κ2) is 5.43. The van der Waals surface area contributed by atoms with E-state index >= 15 is 0 Å². The molecule has 3 nitrogen and oxygen atoms in total. The highest BCUT2D eigenvalue weighted by molar-refractivity contribution is 7.88. The van der Waals surface area contributed by atoms with Gasteiger partial charge < -0.3 is 0 Å². The van der Waals surface area contributed by atoms with Crippen LogP contribution >= 0.6 is 11.6 Å². The van der Waals surface area contributed by atoms with Gasteiger partial charge in [0, 0.05) is 18.5 Å². The lowest BCUT2D eigenvalue weighted by Gasteiger charge is -2.40. The zero-order chi connectivity index (χ0) is 14.1. The lowest BCUT2D eigenvalue weighted by molar-refractivity contribution is 0.192. The maximum absolute atomic E-state index is 12.4. The van der Waals surface area contributed by atoms with Gasteiger partial charge in [-0.2, -0.15) is 0 Å². The largest absolute Gasteiger partial charge is 0.218 e. The smallest absolute Gasteiger partial charge is 0.212 e. The molecule has 0 aliphatic carbocycles. The summed E-state index contributed by atoms with van der Waals surface area (Å²) < 4.78 is 26.4. The van der Waals surface area contributed by atoms with E-state index in [1.165, 1.54) is 0 Å². The molecule has 1 aliphatic rings. The van der Waals surface area contributed by atoms with Crippen molar-refractivity contribution in [3.05, 3.63) is 35.9 Å². The number of hydrogen-bond donors (Lipinski definition) is 0. The monoisotopic (exact) mass is 301 g/mol. The molecule has 0 saturated carbocycles. The quantitative estimate of drug-likeness (QED) is 0.805. The summed E-state index contributed by atoms with van der Waals surface area (Å²) in [6.45, 7) is 5.06. The Kier molecular flexibility index (Phi) is 4.23. The van der Waals surface area contributed by atoms with E-state index in [4.69, 9.17) is 11.6 Å². The van der Waals surface area contributed by atoms with Crippen molar-refractivity contribution in [1.29, 1.82) is 0 Å². The van der Waals surface area contributed by atoms with Crippen LogP contribution in [0.3, 0.4) is 0 Å². The Morgan fingerprint density at radius 1 is 1.32 bits per heavy atom. The fraction of sp³-hybridized carbons (Fsp3) is 0.571. The number of halogens is 1. The number of nitrogens with zero attached hydrogens (tertiary/aromatic N) is 1. The minimum absolute atomic E-state index is 0.0377. The Balaban J connectivity index is 2.13. The summed E-state index contributed by atoms with van der Waals surface area (Å²) >= 11 is 6.26. The Labute approximate surface area is 120 Å². The molecule has 19 heavy (non-hydrogen) atoms. The summed E-state index contributed by atoms with van der Waals surface area (Å²) in [4.78, 5) is 0. The van der Waals surface area contributed by atoms with Gasteiger partial charge in [0.05, 0.1) is 5.75 Å². The molecular weight excluding hydrogens is 282 g/mol. The third-order valence-electron chi connectivity index (χ3n) is 3.65. The van der Waals surface area contributed by atoms with Crippen molar-refractivity contribution < 1.29 is 8.42 Å². The Morgan fingerprint density at radius 3 is 2.53 bits per heavy atom. The first-order valence-electron chi connectivity index (χ1n) is 6.47. The van der Waals surface area contributed by atoms with Crippen LogP contribution in [0.25, 0.3) is 0 Å². The van der Waals surface area contributed by atoms with Crippen LogP contribution in [0.1, 0.15) is 25.8 Å². The standard InChI is InChI=1S/C14H20ClNO2S/c1-14(2)11-16(9-8-13(14)15)19(17,18)10-12-6-4-3-5-7-12/h3-7,13H,8-11H2,1-2H3. The van der Waals surface area contributed by atoms with E-state index in [0.29, 0.717) is 19.5 Å². The van der Waals surface area contributed by atoms with Crippen molar-refractivity contribution >= 4 is 21.6 Å². The molecule has 5 heteroatoms. The zero-order valence-corrected chi connectivity index (χ0v) is 12.9. The van der Waals surface area contributed by atoms with Crippen LogP contribution in [0.5, 0.6) is 0 Å². The van der Waals surface area contributed by atoms with Gasteiger partial charge in [0.15, 0.2) is 0 Å². The number of alkyl halides is 1. The van der Waals surface area contributed by atoms with E-state index in [-0.39, 0.29) is 16.5 Å². The highest BCUT2D eigenvalue weighted by Gasteiger charge is 2.38. The van der Waals surface area contributed by atoms with Gasteiger partial charge in [-0.3, -0.25) is 0 Å². The molecule has 0 bridgehead atoms. The number of rotatable bonds is 3. The van der Waals surface area contributed by atoms with Crippen LogP contribution in [-0.2, 0) is 15.8 Å². The first kappa shape index (κ1) is 14.8. The average molecular weight is 302 g/mol. The van der Waals surface area contributed by atoms with E-state index in [1.54, 1.807) is 4.31 Å². The molecule has 1 unspecified atom stereocenters. The summed E-state index contributed by atoms with van der Waals surface area (Å²) in [7, 11) is -3.26. The van der Waals surface area contributed by atoms with Crippen LogP contribution < -0.4 is 0 Å². The third-order valence-corrected chi connectivity index (χ3v) is 6.25. The van der Waals surface area contributed by atoms with E-state index in [2.05, 4.69) is 0 Å². The summed E-state index contributed by atoms with van der Waals surface area (Å²) in [5, 5.41) is 0.0377. The Hall–Kier alpha value is -0.580. The lowest BCUT2D eigenvalue weighted by atomic mass is 9.85. The summed E-state index contributed by atoms with van der Waals surface area (Å²) in [6.07, 6.45) is 0.711. The van der Waals surface area contributed by atoms with Crippen molar-refractivity contribution in [3.63, 3.8) is 0 Å². The maximum atomic E-state index is 12.4. The molecular formula is C14H20ClNO2S. The molecule has 1 aliphatic heterocycles. The molecule has 106 valence electrons. The molecule has 1 aromatic carbocycles. The molecule has 0 amide bonds. The first-order valence-corrected chi connectivity index (χ1v) is 8.52. The van der Waals surface area contributed by atoms with Crippen LogP contribution in [0.2, 0.25) is 0 Å². The lowest BCUT2D eigenvalue weighted by Crippen LogP contribution is -2.49. The van der Waals surface area contributed by atoms with Gasteiger partial charge in [-0.1, -0.05) is 44.2 Å². The number of sulfonamides is 1. The van der Waals surface area contributed by atoms with Crippen molar-refractivity contribution in [1.82, 2.24) is 4.31 Å². The number of piperidine rings is 1.